The van der Waals surface area contributed by atoms with Crippen LogP contribution in [0.15, 0.2) is 66.7 Å². The highest BCUT2D eigenvalue weighted by Gasteiger charge is 2.07. The van der Waals surface area contributed by atoms with E-state index in [-0.39, 0.29) is 0 Å². The summed E-state index contributed by atoms with van der Waals surface area (Å²) >= 11 is 0. The number of carbonyl (C=O) groups excluding carboxylic acids is 1. The molecule has 0 radical (unpaired) electrons. The lowest BCUT2D eigenvalue weighted by atomic mass is 10.1. The molecule has 0 spiro atoms. The van der Waals surface area contributed by atoms with Gasteiger partial charge < -0.3 is 4.74 Å². The van der Waals surface area contributed by atoms with Crippen LogP contribution in [0, 0.1) is 11.3 Å². The van der Waals surface area contributed by atoms with Crippen LogP contribution >= 0.6 is 0 Å². The highest BCUT2D eigenvalue weighted by Crippen LogP contribution is 2.23. The van der Waals surface area contributed by atoms with Gasteiger partial charge in [-0.25, -0.2) is 4.79 Å². The first-order valence-electron chi connectivity index (χ1n) is 6.73. The zero-order valence-electron chi connectivity index (χ0n) is 11.6. The van der Waals surface area contributed by atoms with E-state index in [1.807, 2.05) is 48.5 Å². The van der Waals surface area contributed by atoms with Crippen molar-refractivity contribution < 1.29 is 9.53 Å². The third kappa shape index (κ3) is 2.89. The average molecular weight is 288 g/mol. The lowest BCUT2D eigenvalue weighted by Crippen LogP contribution is -2.16. The molecule has 3 aromatic rings. The molecule has 0 aliphatic heterocycles. The number of nitrogens with zero attached hydrogens (tertiary/aromatic N) is 1. The molecule has 0 bridgehead atoms. The van der Waals surface area contributed by atoms with E-state index >= 15 is 0 Å². The SMILES string of the molecule is N#Cc1ccc(OC(=O)Nc2cccc3ccccc23)cc1. The predicted molar refractivity (Wildman–Crippen MR) is 84.8 cm³/mol. The van der Waals surface area contributed by atoms with Gasteiger partial charge in [-0.2, -0.15) is 5.26 Å². The van der Waals surface area contributed by atoms with E-state index < -0.39 is 6.09 Å². The van der Waals surface area contributed by atoms with E-state index in [0.29, 0.717) is 17.0 Å². The molecule has 0 aromatic heterocycles. The van der Waals surface area contributed by atoms with Gasteiger partial charge in [0.05, 0.1) is 17.3 Å². The van der Waals surface area contributed by atoms with Crippen LogP contribution in [0.3, 0.4) is 0 Å². The first-order valence-corrected chi connectivity index (χ1v) is 6.73. The van der Waals surface area contributed by atoms with E-state index in [9.17, 15) is 4.79 Å². The monoisotopic (exact) mass is 288 g/mol. The number of nitrogens with one attached hydrogen (secondary N) is 1. The number of amides is 1. The predicted octanol–water partition coefficient (Wildman–Crippen LogP) is 4.32. The van der Waals surface area contributed by atoms with Crippen LogP contribution in [0.1, 0.15) is 5.56 Å². The van der Waals surface area contributed by atoms with Crippen molar-refractivity contribution >= 4 is 22.6 Å². The standard InChI is InChI=1S/C18H12N2O2/c19-12-13-8-10-15(11-9-13)22-18(21)20-17-7-3-5-14-4-1-2-6-16(14)17/h1-11H,(H,20,21). The van der Waals surface area contributed by atoms with Gasteiger partial charge in [-0.3, -0.25) is 5.32 Å². The largest absolute Gasteiger partial charge is 0.417 e. The fourth-order valence-electron chi connectivity index (χ4n) is 2.17. The fourth-order valence-corrected chi connectivity index (χ4v) is 2.17. The summed E-state index contributed by atoms with van der Waals surface area (Å²) in [7, 11) is 0. The molecule has 4 heteroatoms. The average Bonchev–Trinajstić information content (AvgIpc) is 2.56. The zero-order valence-corrected chi connectivity index (χ0v) is 11.6. The molecule has 22 heavy (non-hydrogen) atoms. The Labute approximate surface area is 127 Å². The Morgan fingerprint density at radius 2 is 1.68 bits per heavy atom. The van der Waals surface area contributed by atoms with Crippen LogP contribution < -0.4 is 10.1 Å². The second-order valence-electron chi connectivity index (χ2n) is 4.68. The first kappa shape index (κ1) is 13.7. The van der Waals surface area contributed by atoms with Crippen LogP contribution in [0.25, 0.3) is 10.8 Å². The molecule has 106 valence electrons. The Kier molecular flexibility index (Phi) is 3.71. The molecule has 0 heterocycles. The molecule has 0 unspecified atom stereocenters. The number of nitriles is 1. The van der Waals surface area contributed by atoms with Crippen molar-refractivity contribution in [1.29, 1.82) is 5.26 Å². The molecule has 3 aromatic carbocycles. The van der Waals surface area contributed by atoms with Gasteiger partial charge in [0.1, 0.15) is 5.75 Å². The summed E-state index contributed by atoms with van der Waals surface area (Å²) in [5, 5.41) is 13.5. The third-order valence-corrected chi connectivity index (χ3v) is 3.22. The van der Waals surface area contributed by atoms with Crippen molar-refractivity contribution in [2.75, 3.05) is 5.32 Å². The summed E-state index contributed by atoms with van der Waals surface area (Å²) in [6, 6.07) is 21.8. The number of anilines is 1. The molecule has 1 amide bonds. The maximum atomic E-state index is 12.0. The number of ether oxygens (including phenoxy) is 1. The number of rotatable bonds is 2. The molecule has 3 rings (SSSR count). The van der Waals surface area contributed by atoms with Gasteiger partial charge in [0.2, 0.25) is 0 Å². The second-order valence-corrected chi connectivity index (χ2v) is 4.68. The molecule has 0 saturated heterocycles. The highest BCUT2D eigenvalue weighted by atomic mass is 16.6. The summed E-state index contributed by atoms with van der Waals surface area (Å²) in [6.07, 6.45) is -0.568. The third-order valence-electron chi connectivity index (χ3n) is 3.22. The van der Waals surface area contributed by atoms with Crippen LogP contribution in [0.2, 0.25) is 0 Å². The topological polar surface area (TPSA) is 62.1 Å². The highest BCUT2D eigenvalue weighted by molar-refractivity contribution is 6.00. The van der Waals surface area contributed by atoms with Crippen LogP contribution in [-0.2, 0) is 0 Å². The number of benzene rings is 3. The van der Waals surface area contributed by atoms with Crippen molar-refractivity contribution in [1.82, 2.24) is 0 Å². The van der Waals surface area contributed by atoms with Gasteiger partial charge in [0, 0.05) is 5.39 Å². The van der Waals surface area contributed by atoms with Crippen molar-refractivity contribution in [3.8, 4) is 11.8 Å². The van der Waals surface area contributed by atoms with Crippen LogP contribution in [0.5, 0.6) is 5.75 Å². The van der Waals surface area contributed by atoms with E-state index in [4.69, 9.17) is 10.00 Å². The molecule has 0 saturated carbocycles. The number of fused-ring (bicyclic) bond motifs is 1. The summed E-state index contributed by atoms with van der Waals surface area (Å²) in [5.41, 5.74) is 1.21. The molecule has 0 aliphatic rings. The zero-order chi connectivity index (χ0) is 15.4. The summed E-state index contributed by atoms with van der Waals surface area (Å²) in [4.78, 5) is 12.0. The minimum Gasteiger partial charge on any atom is -0.410 e. The fraction of sp³-hybridized carbons (Fsp3) is 0. The lowest BCUT2D eigenvalue weighted by molar-refractivity contribution is 0.215. The lowest BCUT2D eigenvalue weighted by Gasteiger charge is -2.09. The van der Waals surface area contributed by atoms with Crippen LogP contribution in [-0.4, -0.2) is 6.09 Å². The van der Waals surface area contributed by atoms with Crippen molar-refractivity contribution in [2.24, 2.45) is 0 Å². The normalized spacial score (nSPS) is 9.95. The Bertz CT molecular complexity index is 859. The minimum absolute atomic E-state index is 0.386. The summed E-state index contributed by atoms with van der Waals surface area (Å²) in [5.74, 6) is 0.386. The van der Waals surface area contributed by atoms with E-state index in [2.05, 4.69) is 5.32 Å². The van der Waals surface area contributed by atoms with Gasteiger partial charge in [0.15, 0.2) is 0 Å². The summed E-state index contributed by atoms with van der Waals surface area (Å²) in [6.45, 7) is 0. The Morgan fingerprint density at radius 3 is 2.45 bits per heavy atom. The van der Waals surface area contributed by atoms with Crippen molar-refractivity contribution in [3.63, 3.8) is 0 Å². The molecule has 4 nitrogen and oxygen atoms in total. The number of hydrogen-bond donors (Lipinski definition) is 1. The van der Waals surface area contributed by atoms with Gasteiger partial charge in [0.25, 0.3) is 0 Å². The van der Waals surface area contributed by atoms with Gasteiger partial charge in [-0.15, -0.1) is 0 Å². The maximum Gasteiger partial charge on any atom is 0.417 e. The Hall–Kier alpha value is -3.32. The number of hydrogen-bond acceptors (Lipinski definition) is 3. The minimum atomic E-state index is -0.568. The van der Waals surface area contributed by atoms with Gasteiger partial charge in [-0.05, 0) is 35.7 Å². The van der Waals surface area contributed by atoms with E-state index in [0.717, 1.165) is 10.8 Å². The van der Waals surface area contributed by atoms with Crippen molar-refractivity contribution in [2.45, 2.75) is 0 Å². The van der Waals surface area contributed by atoms with Crippen LogP contribution in [0.4, 0.5) is 10.5 Å². The van der Waals surface area contributed by atoms with Gasteiger partial charge in [-0.1, -0.05) is 36.4 Å². The maximum absolute atomic E-state index is 12.0. The molecular formula is C18H12N2O2. The molecule has 1 N–H and O–H groups in total. The molecule has 0 atom stereocenters. The van der Waals surface area contributed by atoms with E-state index in [1.165, 1.54) is 0 Å². The van der Waals surface area contributed by atoms with E-state index in [1.54, 1.807) is 24.3 Å². The first-order chi connectivity index (χ1) is 10.8. The Balaban J connectivity index is 1.77. The van der Waals surface area contributed by atoms with Crippen molar-refractivity contribution in [3.05, 3.63) is 72.3 Å². The summed E-state index contributed by atoms with van der Waals surface area (Å²) < 4.78 is 5.21. The quantitative estimate of drug-likeness (QED) is 0.763. The van der Waals surface area contributed by atoms with Gasteiger partial charge >= 0.3 is 6.09 Å². The molecule has 0 fully saturated rings. The molecule has 0 aliphatic carbocycles. The number of carbonyl (C=O) groups is 1. The smallest absolute Gasteiger partial charge is 0.410 e. The molecular weight excluding hydrogens is 276 g/mol. The second kappa shape index (κ2) is 5.98. The Morgan fingerprint density at radius 1 is 0.955 bits per heavy atom.